The van der Waals surface area contributed by atoms with Gasteiger partial charge in [0, 0.05) is 38.8 Å². The summed E-state index contributed by atoms with van der Waals surface area (Å²) < 4.78 is 10.7. The SMILES string of the molecule is CCOCCN(CCOCC)C(=O)CC1CCCCC1N. The van der Waals surface area contributed by atoms with Crippen LogP contribution in [0.15, 0.2) is 0 Å². The van der Waals surface area contributed by atoms with Crippen LogP contribution in [-0.2, 0) is 14.3 Å². The van der Waals surface area contributed by atoms with Gasteiger partial charge in [-0.05, 0) is 32.6 Å². The monoisotopic (exact) mass is 300 g/mol. The molecular formula is C16H32N2O3. The van der Waals surface area contributed by atoms with Crippen molar-refractivity contribution in [1.29, 1.82) is 0 Å². The normalized spacial score (nSPS) is 22.2. The summed E-state index contributed by atoms with van der Waals surface area (Å²) in [5.41, 5.74) is 6.15. The van der Waals surface area contributed by atoms with Crippen molar-refractivity contribution >= 4 is 5.91 Å². The molecule has 1 saturated carbocycles. The Kier molecular flexibility index (Phi) is 9.63. The predicted molar refractivity (Wildman–Crippen MR) is 84.1 cm³/mol. The van der Waals surface area contributed by atoms with E-state index in [1.54, 1.807) is 0 Å². The molecule has 0 heterocycles. The molecule has 1 aliphatic rings. The van der Waals surface area contributed by atoms with E-state index in [9.17, 15) is 4.79 Å². The zero-order chi connectivity index (χ0) is 15.5. The van der Waals surface area contributed by atoms with Crippen LogP contribution in [0.2, 0.25) is 0 Å². The van der Waals surface area contributed by atoms with Crippen molar-refractivity contribution in [3.63, 3.8) is 0 Å². The molecule has 0 aromatic rings. The minimum atomic E-state index is 0.184. The van der Waals surface area contributed by atoms with E-state index in [2.05, 4.69) is 0 Å². The van der Waals surface area contributed by atoms with Crippen molar-refractivity contribution in [3.8, 4) is 0 Å². The summed E-state index contributed by atoms with van der Waals surface area (Å²) in [6.45, 7) is 7.75. The summed E-state index contributed by atoms with van der Waals surface area (Å²) in [6, 6.07) is 0.184. The molecule has 21 heavy (non-hydrogen) atoms. The number of amides is 1. The third-order valence-electron chi connectivity index (χ3n) is 4.18. The molecule has 1 fully saturated rings. The maximum Gasteiger partial charge on any atom is 0.223 e. The molecule has 0 aromatic heterocycles. The van der Waals surface area contributed by atoms with Crippen molar-refractivity contribution in [2.24, 2.45) is 11.7 Å². The Hall–Kier alpha value is -0.650. The summed E-state index contributed by atoms with van der Waals surface area (Å²) >= 11 is 0. The summed E-state index contributed by atoms with van der Waals surface area (Å²) in [7, 11) is 0. The van der Waals surface area contributed by atoms with Gasteiger partial charge in [-0.3, -0.25) is 4.79 Å². The van der Waals surface area contributed by atoms with Crippen LogP contribution in [0.5, 0.6) is 0 Å². The van der Waals surface area contributed by atoms with Gasteiger partial charge in [-0.25, -0.2) is 0 Å². The fourth-order valence-electron chi connectivity index (χ4n) is 2.84. The summed E-state index contributed by atoms with van der Waals surface area (Å²) in [6.07, 6.45) is 5.10. The Labute approximate surface area is 129 Å². The predicted octanol–water partition coefficient (Wildman–Crippen LogP) is 1.80. The Morgan fingerprint density at radius 2 is 1.67 bits per heavy atom. The molecule has 2 N–H and O–H groups in total. The number of rotatable bonds is 10. The van der Waals surface area contributed by atoms with Gasteiger partial charge in [-0.1, -0.05) is 12.8 Å². The molecule has 0 spiro atoms. The lowest BCUT2D eigenvalue weighted by molar-refractivity contribution is -0.134. The lowest BCUT2D eigenvalue weighted by atomic mass is 9.83. The maximum absolute atomic E-state index is 12.5. The van der Waals surface area contributed by atoms with Crippen molar-refractivity contribution in [2.75, 3.05) is 39.5 Å². The second-order valence-electron chi connectivity index (χ2n) is 5.69. The number of nitrogens with two attached hydrogens (primary N) is 1. The molecule has 5 heteroatoms. The molecule has 0 aliphatic heterocycles. The van der Waals surface area contributed by atoms with E-state index in [0.29, 0.717) is 51.9 Å². The largest absolute Gasteiger partial charge is 0.380 e. The molecule has 1 rings (SSSR count). The molecule has 0 saturated heterocycles. The molecular weight excluding hydrogens is 268 g/mol. The quantitative estimate of drug-likeness (QED) is 0.625. The molecule has 2 atom stereocenters. The minimum Gasteiger partial charge on any atom is -0.380 e. The molecule has 5 nitrogen and oxygen atoms in total. The number of hydrogen-bond donors (Lipinski definition) is 1. The average molecular weight is 300 g/mol. The smallest absolute Gasteiger partial charge is 0.223 e. The van der Waals surface area contributed by atoms with Gasteiger partial charge < -0.3 is 20.1 Å². The summed E-state index contributed by atoms with van der Waals surface area (Å²) in [5.74, 6) is 0.532. The molecule has 2 unspecified atom stereocenters. The van der Waals surface area contributed by atoms with Gasteiger partial charge in [0.05, 0.1) is 13.2 Å². The zero-order valence-corrected chi connectivity index (χ0v) is 13.7. The van der Waals surface area contributed by atoms with Crippen molar-refractivity contribution in [1.82, 2.24) is 4.90 Å². The highest BCUT2D eigenvalue weighted by Crippen LogP contribution is 2.26. The number of ether oxygens (including phenoxy) is 2. The number of hydrogen-bond acceptors (Lipinski definition) is 4. The molecule has 0 bridgehead atoms. The van der Waals surface area contributed by atoms with Crippen LogP contribution in [0.25, 0.3) is 0 Å². The van der Waals surface area contributed by atoms with E-state index < -0.39 is 0 Å². The van der Waals surface area contributed by atoms with Gasteiger partial charge >= 0.3 is 0 Å². The third-order valence-corrected chi connectivity index (χ3v) is 4.18. The molecule has 1 amide bonds. The third kappa shape index (κ3) is 7.25. The van der Waals surface area contributed by atoms with Crippen LogP contribution in [0, 0.1) is 5.92 Å². The first-order chi connectivity index (χ1) is 10.2. The standard InChI is InChI=1S/C16H32N2O3/c1-3-20-11-9-18(10-12-21-4-2)16(19)13-14-7-5-6-8-15(14)17/h14-15H,3-13,17H2,1-2H3. The van der Waals surface area contributed by atoms with E-state index in [1.165, 1.54) is 12.8 Å². The van der Waals surface area contributed by atoms with Crippen LogP contribution in [0.4, 0.5) is 0 Å². The van der Waals surface area contributed by atoms with E-state index in [1.807, 2.05) is 18.7 Å². The first kappa shape index (κ1) is 18.4. The van der Waals surface area contributed by atoms with E-state index >= 15 is 0 Å². The first-order valence-electron chi connectivity index (χ1n) is 8.37. The van der Waals surface area contributed by atoms with Crippen LogP contribution >= 0.6 is 0 Å². The molecule has 0 aromatic carbocycles. The Balaban J connectivity index is 2.43. The van der Waals surface area contributed by atoms with Crippen molar-refractivity contribution in [2.45, 2.75) is 52.0 Å². The molecule has 1 aliphatic carbocycles. The van der Waals surface area contributed by atoms with Gasteiger partial charge in [-0.15, -0.1) is 0 Å². The van der Waals surface area contributed by atoms with Gasteiger partial charge in [0.25, 0.3) is 0 Å². The van der Waals surface area contributed by atoms with Gasteiger partial charge in [-0.2, -0.15) is 0 Å². The molecule has 0 radical (unpaired) electrons. The highest BCUT2D eigenvalue weighted by Gasteiger charge is 2.26. The maximum atomic E-state index is 12.5. The Bertz CT molecular complexity index is 277. The minimum absolute atomic E-state index is 0.184. The van der Waals surface area contributed by atoms with E-state index in [4.69, 9.17) is 15.2 Å². The van der Waals surface area contributed by atoms with E-state index in [0.717, 1.165) is 12.8 Å². The zero-order valence-electron chi connectivity index (χ0n) is 13.7. The van der Waals surface area contributed by atoms with Crippen LogP contribution in [0.1, 0.15) is 46.0 Å². The van der Waals surface area contributed by atoms with Gasteiger partial charge in [0.15, 0.2) is 0 Å². The van der Waals surface area contributed by atoms with Crippen molar-refractivity contribution < 1.29 is 14.3 Å². The average Bonchev–Trinajstić information content (AvgIpc) is 2.48. The van der Waals surface area contributed by atoms with Crippen molar-refractivity contribution in [3.05, 3.63) is 0 Å². The highest BCUT2D eigenvalue weighted by atomic mass is 16.5. The number of carbonyl (C=O) groups excluding carboxylic acids is 1. The Morgan fingerprint density at radius 1 is 1.10 bits per heavy atom. The number of nitrogens with zero attached hydrogens (tertiary/aromatic N) is 1. The molecule has 124 valence electrons. The Morgan fingerprint density at radius 3 is 2.19 bits per heavy atom. The summed E-state index contributed by atoms with van der Waals surface area (Å²) in [4.78, 5) is 14.4. The fraction of sp³-hybridized carbons (Fsp3) is 0.938. The second-order valence-corrected chi connectivity index (χ2v) is 5.69. The van der Waals surface area contributed by atoms with Crippen LogP contribution in [-0.4, -0.2) is 56.4 Å². The lowest BCUT2D eigenvalue weighted by Crippen LogP contribution is -2.41. The lowest BCUT2D eigenvalue weighted by Gasteiger charge is -2.30. The van der Waals surface area contributed by atoms with Crippen LogP contribution in [0.3, 0.4) is 0 Å². The number of carbonyl (C=O) groups is 1. The van der Waals surface area contributed by atoms with E-state index in [-0.39, 0.29) is 11.9 Å². The topological polar surface area (TPSA) is 64.8 Å². The van der Waals surface area contributed by atoms with Crippen LogP contribution < -0.4 is 5.73 Å². The summed E-state index contributed by atoms with van der Waals surface area (Å²) in [5, 5.41) is 0. The highest BCUT2D eigenvalue weighted by molar-refractivity contribution is 5.76. The van der Waals surface area contributed by atoms with Gasteiger partial charge in [0.2, 0.25) is 5.91 Å². The van der Waals surface area contributed by atoms with Gasteiger partial charge in [0.1, 0.15) is 0 Å². The second kappa shape index (κ2) is 11.0. The first-order valence-corrected chi connectivity index (χ1v) is 8.37. The fourth-order valence-corrected chi connectivity index (χ4v) is 2.84.